The number of carbonyl (C=O) groups is 2. The molecule has 3 rings (SSSR count). The lowest BCUT2D eigenvalue weighted by Crippen LogP contribution is -2.50. The molecule has 1 aliphatic rings. The summed E-state index contributed by atoms with van der Waals surface area (Å²) in [6.45, 7) is 2.12. The molecule has 0 spiro atoms. The highest BCUT2D eigenvalue weighted by atomic mass is 79.9. The molecule has 0 saturated heterocycles. The monoisotopic (exact) mass is 678 g/mol. The van der Waals surface area contributed by atoms with Crippen molar-refractivity contribution in [3.05, 3.63) is 54.3 Å². The fourth-order valence-electron chi connectivity index (χ4n) is 3.51. The fraction of sp³-hybridized carbons (Fsp3) is 0.333. The highest BCUT2D eigenvalue weighted by molar-refractivity contribution is 9.11. The number of hydrogen-bond donors (Lipinski definition) is 4. The number of amides is 4. The van der Waals surface area contributed by atoms with Gasteiger partial charge in [0.15, 0.2) is 0 Å². The predicted octanol–water partition coefficient (Wildman–Crippen LogP) is 7.24. The molecule has 0 bridgehead atoms. The fourth-order valence-corrected chi connectivity index (χ4v) is 5.80. The van der Waals surface area contributed by atoms with Crippen molar-refractivity contribution >= 4 is 87.2 Å². The lowest BCUT2D eigenvalue weighted by molar-refractivity contribution is 0.213. The van der Waals surface area contributed by atoms with Gasteiger partial charge in [-0.25, -0.2) is 9.59 Å². The molecule has 0 aliphatic heterocycles. The van der Waals surface area contributed by atoms with E-state index < -0.39 is 0 Å². The first kappa shape index (κ1) is 24.5. The van der Waals surface area contributed by atoms with Crippen LogP contribution in [0.5, 0.6) is 0 Å². The molecule has 10 heteroatoms. The second kappa shape index (κ2) is 11.2. The van der Waals surface area contributed by atoms with E-state index in [0.717, 1.165) is 30.7 Å². The maximum Gasteiger partial charge on any atom is 0.319 e. The van der Waals surface area contributed by atoms with Gasteiger partial charge >= 0.3 is 12.1 Å². The third-order valence-electron chi connectivity index (χ3n) is 5.21. The van der Waals surface area contributed by atoms with Crippen LogP contribution in [0.25, 0.3) is 0 Å². The van der Waals surface area contributed by atoms with Crippen molar-refractivity contribution in [3.8, 4) is 0 Å². The zero-order chi connectivity index (χ0) is 22.5. The molecule has 166 valence electrons. The largest absolute Gasteiger partial charge is 0.335 e. The summed E-state index contributed by atoms with van der Waals surface area (Å²) in [5.74, 6) is 0.320. The molecule has 0 aromatic heterocycles. The second-order valence-corrected chi connectivity index (χ2v) is 11.1. The van der Waals surface area contributed by atoms with Crippen LogP contribution >= 0.6 is 63.7 Å². The van der Waals surface area contributed by atoms with Gasteiger partial charge in [0.25, 0.3) is 0 Å². The zero-order valence-corrected chi connectivity index (χ0v) is 23.0. The second-order valence-electron chi connectivity index (χ2n) is 7.54. The number of rotatable bonds is 4. The van der Waals surface area contributed by atoms with E-state index in [0.29, 0.717) is 23.7 Å². The Hall–Kier alpha value is -1.10. The van der Waals surface area contributed by atoms with Gasteiger partial charge in [0.1, 0.15) is 0 Å². The summed E-state index contributed by atoms with van der Waals surface area (Å²) < 4.78 is 3.44. The van der Waals surface area contributed by atoms with Crippen LogP contribution in [0.15, 0.2) is 54.3 Å². The summed E-state index contributed by atoms with van der Waals surface area (Å²) in [5.41, 5.74) is 1.39. The van der Waals surface area contributed by atoms with Crippen molar-refractivity contribution in [2.24, 2.45) is 5.92 Å². The molecule has 4 amide bonds. The van der Waals surface area contributed by atoms with Crippen LogP contribution < -0.4 is 21.3 Å². The Morgan fingerprint density at radius 3 is 1.84 bits per heavy atom. The first-order valence-corrected chi connectivity index (χ1v) is 12.9. The minimum absolute atomic E-state index is 0.0184. The molecular formula is C21H22Br4N4O2. The summed E-state index contributed by atoms with van der Waals surface area (Å²) in [6, 6.07) is 10.6. The molecule has 4 N–H and O–H groups in total. The Kier molecular flexibility index (Phi) is 8.83. The van der Waals surface area contributed by atoms with E-state index in [1.165, 1.54) is 0 Å². The van der Waals surface area contributed by atoms with Crippen molar-refractivity contribution in [1.29, 1.82) is 0 Å². The van der Waals surface area contributed by atoms with Crippen molar-refractivity contribution in [1.82, 2.24) is 10.6 Å². The number of nitrogens with one attached hydrogen (secondary N) is 4. The molecule has 31 heavy (non-hydrogen) atoms. The van der Waals surface area contributed by atoms with Gasteiger partial charge in [0.2, 0.25) is 0 Å². The smallest absolute Gasteiger partial charge is 0.319 e. The van der Waals surface area contributed by atoms with Crippen LogP contribution in [0.1, 0.15) is 26.2 Å². The molecule has 2 aromatic rings. The highest BCUT2D eigenvalue weighted by Gasteiger charge is 2.30. The van der Waals surface area contributed by atoms with Gasteiger partial charge in [-0.15, -0.1) is 0 Å². The van der Waals surface area contributed by atoms with Gasteiger partial charge < -0.3 is 21.3 Å². The van der Waals surface area contributed by atoms with Gasteiger partial charge in [0, 0.05) is 30.0 Å². The van der Waals surface area contributed by atoms with Gasteiger partial charge in [0.05, 0.1) is 11.4 Å². The quantitative estimate of drug-likeness (QED) is 0.275. The Balaban J connectivity index is 1.54. The summed E-state index contributed by atoms with van der Waals surface area (Å²) in [4.78, 5) is 25.0. The maximum atomic E-state index is 12.5. The van der Waals surface area contributed by atoms with E-state index in [1.54, 1.807) is 0 Å². The van der Waals surface area contributed by atoms with Crippen LogP contribution in [-0.4, -0.2) is 24.1 Å². The first-order valence-electron chi connectivity index (χ1n) is 9.76. The highest BCUT2D eigenvalue weighted by Crippen LogP contribution is 2.28. The number of anilines is 2. The van der Waals surface area contributed by atoms with Crippen LogP contribution in [0.4, 0.5) is 21.0 Å². The molecule has 1 saturated carbocycles. The zero-order valence-electron chi connectivity index (χ0n) is 16.6. The summed E-state index contributed by atoms with van der Waals surface area (Å²) in [7, 11) is 0. The molecule has 1 aliphatic carbocycles. The average Bonchev–Trinajstić information content (AvgIpc) is 2.69. The van der Waals surface area contributed by atoms with E-state index in [2.05, 4.69) is 91.9 Å². The third-order valence-corrected chi connectivity index (χ3v) is 7.50. The molecule has 3 unspecified atom stereocenters. The molecule has 2 aromatic carbocycles. The summed E-state index contributed by atoms with van der Waals surface area (Å²) >= 11 is 13.7. The first-order chi connectivity index (χ1) is 14.7. The Bertz CT molecular complexity index is 972. The van der Waals surface area contributed by atoms with Gasteiger partial charge in [-0.05, 0) is 93.4 Å². The molecule has 6 nitrogen and oxygen atoms in total. The molecule has 0 heterocycles. The van der Waals surface area contributed by atoms with Crippen LogP contribution in [0, 0.1) is 5.92 Å². The SMILES string of the molecule is CC1CCC(NC(=O)Nc2ccc(Br)cc2Br)CC1NC(=O)Nc1ccc(Br)cc1Br. The standard InChI is InChI=1S/C21H22Br4N4O2/c1-11-2-5-14(26-20(30)27-17-6-3-12(22)8-15(17)24)10-19(11)29-21(31)28-18-7-4-13(23)9-16(18)25/h3-4,6-9,11,14,19H,2,5,10H2,1H3,(H2,26,27,30)(H2,28,29,31). The number of carbonyl (C=O) groups excluding carboxylic acids is 2. The molecule has 1 fully saturated rings. The average molecular weight is 682 g/mol. The van der Waals surface area contributed by atoms with Gasteiger partial charge in [-0.1, -0.05) is 38.8 Å². The lowest BCUT2D eigenvalue weighted by Gasteiger charge is -2.35. The summed E-state index contributed by atoms with van der Waals surface area (Å²) in [5, 5.41) is 11.8. The minimum atomic E-state index is -0.260. The Labute approximate surface area is 215 Å². The third kappa shape index (κ3) is 7.20. The van der Waals surface area contributed by atoms with Crippen molar-refractivity contribution in [2.45, 2.75) is 38.3 Å². The Morgan fingerprint density at radius 1 is 0.806 bits per heavy atom. The van der Waals surface area contributed by atoms with Crippen LogP contribution in [0.2, 0.25) is 0 Å². The number of benzene rings is 2. The van der Waals surface area contributed by atoms with Gasteiger partial charge in [-0.3, -0.25) is 0 Å². The topological polar surface area (TPSA) is 82.3 Å². The summed E-state index contributed by atoms with van der Waals surface area (Å²) in [6.07, 6.45) is 2.46. The molecule has 0 radical (unpaired) electrons. The maximum absolute atomic E-state index is 12.5. The van der Waals surface area contributed by atoms with E-state index >= 15 is 0 Å². The van der Waals surface area contributed by atoms with E-state index in [9.17, 15) is 9.59 Å². The number of urea groups is 2. The van der Waals surface area contributed by atoms with Gasteiger partial charge in [-0.2, -0.15) is 0 Å². The van der Waals surface area contributed by atoms with Crippen molar-refractivity contribution in [2.75, 3.05) is 10.6 Å². The Morgan fingerprint density at radius 2 is 1.32 bits per heavy atom. The molecule has 3 atom stereocenters. The lowest BCUT2D eigenvalue weighted by atomic mass is 9.83. The normalized spacial score (nSPS) is 20.6. The van der Waals surface area contributed by atoms with Crippen molar-refractivity contribution < 1.29 is 9.59 Å². The number of halogens is 4. The van der Waals surface area contributed by atoms with Crippen molar-refractivity contribution in [3.63, 3.8) is 0 Å². The number of hydrogen-bond acceptors (Lipinski definition) is 2. The van der Waals surface area contributed by atoms with E-state index in [-0.39, 0.29) is 24.1 Å². The van der Waals surface area contributed by atoms with E-state index in [4.69, 9.17) is 0 Å². The van der Waals surface area contributed by atoms with Crippen LogP contribution in [-0.2, 0) is 0 Å². The van der Waals surface area contributed by atoms with Crippen LogP contribution in [0.3, 0.4) is 0 Å². The van der Waals surface area contributed by atoms with E-state index in [1.807, 2.05) is 36.4 Å². The molecular weight excluding hydrogens is 660 g/mol. The predicted molar refractivity (Wildman–Crippen MR) is 139 cm³/mol. The minimum Gasteiger partial charge on any atom is -0.335 e.